The second-order valence-corrected chi connectivity index (χ2v) is 5.44. The molecule has 1 aromatic heterocycles. The van der Waals surface area contributed by atoms with Crippen molar-refractivity contribution in [2.24, 2.45) is 0 Å². The van der Waals surface area contributed by atoms with Crippen molar-refractivity contribution in [3.63, 3.8) is 0 Å². The second-order valence-electron chi connectivity index (χ2n) is 4.62. The van der Waals surface area contributed by atoms with Gasteiger partial charge in [0.05, 0.1) is 11.5 Å². The molecule has 0 saturated carbocycles. The Labute approximate surface area is 123 Å². The van der Waals surface area contributed by atoms with Crippen LogP contribution < -0.4 is 0 Å². The topological polar surface area (TPSA) is 39.4 Å². The number of aryl methyl sites for hydroxylation is 1. The molecule has 3 nitrogen and oxygen atoms in total. The van der Waals surface area contributed by atoms with Gasteiger partial charge < -0.3 is 9.15 Å². The fraction of sp³-hybridized carbons (Fsp3) is 0.438. The van der Waals surface area contributed by atoms with Crippen molar-refractivity contribution >= 4 is 28.7 Å². The van der Waals surface area contributed by atoms with E-state index in [1.54, 1.807) is 11.8 Å². The van der Waals surface area contributed by atoms with Gasteiger partial charge in [0.25, 0.3) is 0 Å². The molecule has 2 aromatic rings. The number of carbonyl (C=O) groups is 1. The van der Waals surface area contributed by atoms with Crippen LogP contribution in [0.2, 0.25) is 0 Å². The number of thioether (sulfide) groups is 1. The van der Waals surface area contributed by atoms with Crippen molar-refractivity contribution in [1.82, 2.24) is 0 Å². The van der Waals surface area contributed by atoms with Gasteiger partial charge in [-0.25, -0.2) is 0 Å². The van der Waals surface area contributed by atoms with Crippen LogP contribution in [-0.2, 0) is 22.4 Å². The van der Waals surface area contributed by atoms with Gasteiger partial charge in [-0.2, -0.15) is 0 Å². The van der Waals surface area contributed by atoms with E-state index in [9.17, 15) is 4.79 Å². The lowest BCUT2D eigenvalue weighted by Crippen LogP contribution is -2.07. The Hall–Kier alpha value is -1.42. The molecule has 0 aliphatic heterocycles. The Balaban J connectivity index is 2.37. The molecule has 0 spiro atoms. The van der Waals surface area contributed by atoms with Crippen LogP contribution in [0.25, 0.3) is 11.0 Å². The number of fused-ring (bicyclic) bond motifs is 1. The summed E-state index contributed by atoms with van der Waals surface area (Å²) >= 11 is 1.62. The number of benzene rings is 1. The van der Waals surface area contributed by atoms with Gasteiger partial charge in [0.15, 0.2) is 0 Å². The van der Waals surface area contributed by atoms with Crippen LogP contribution in [0.4, 0.5) is 0 Å². The maximum Gasteiger partial charge on any atom is 0.313 e. The largest absolute Gasteiger partial charge is 0.466 e. The number of carbonyl (C=O) groups excluding carboxylic acids is 1. The van der Waals surface area contributed by atoms with Gasteiger partial charge >= 0.3 is 5.97 Å². The number of esters is 1. The van der Waals surface area contributed by atoms with E-state index in [-0.39, 0.29) is 12.4 Å². The van der Waals surface area contributed by atoms with Crippen LogP contribution in [0.3, 0.4) is 0 Å². The first kappa shape index (κ1) is 15.0. The normalized spacial score (nSPS) is 10.9. The Morgan fingerprint density at radius 2 is 2.15 bits per heavy atom. The standard InChI is InChI=1S/C16H20O3S/c1-4-6-11-7-8-13-12(9-11)16(20-3)14(19-13)10-15(17)18-5-2/h7-9H,4-6,10H2,1-3H3. The van der Waals surface area contributed by atoms with E-state index in [2.05, 4.69) is 19.1 Å². The molecule has 0 amide bonds. The maximum atomic E-state index is 11.6. The van der Waals surface area contributed by atoms with Gasteiger partial charge in [-0.15, -0.1) is 11.8 Å². The highest BCUT2D eigenvalue weighted by Gasteiger charge is 2.17. The van der Waals surface area contributed by atoms with E-state index in [1.807, 2.05) is 19.2 Å². The minimum atomic E-state index is -0.240. The Kier molecular flexibility index (Phi) is 5.12. The lowest BCUT2D eigenvalue weighted by molar-refractivity contribution is -0.142. The van der Waals surface area contributed by atoms with Gasteiger partial charge in [-0.05, 0) is 37.3 Å². The molecule has 0 saturated heterocycles. The summed E-state index contributed by atoms with van der Waals surface area (Å²) in [6.07, 6.45) is 4.38. The molecule has 20 heavy (non-hydrogen) atoms. The zero-order valence-corrected chi connectivity index (χ0v) is 13.0. The monoisotopic (exact) mass is 292 g/mol. The van der Waals surface area contributed by atoms with Crippen LogP contribution in [0.15, 0.2) is 27.5 Å². The summed E-state index contributed by atoms with van der Waals surface area (Å²) < 4.78 is 10.8. The second kappa shape index (κ2) is 6.84. The van der Waals surface area contributed by atoms with E-state index >= 15 is 0 Å². The summed E-state index contributed by atoms with van der Waals surface area (Å²) in [4.78, 5) is 12.7. The van der Waals surface area contributed by atoms with E-state index in [1.165, 1.54) is 5.56 Å². The first-order valence-electron chi connectivity index (χ1n) is 6.93. The third kappa shape index (κ3) is 3.18. The lowest BCUT2D eigenvalue weighted by Gasteiger charge is -2.01. The predicted octanol–water partition coefficient (Wildman–Crippen LogP) is 4.21. The quantitative estimate of drug-likeness (QED) is 0.590. The minimum Gasteiger partial charge on any atom is -0.466 e. The minimum absolute atomic E-state index is 0.196. The van der Waals surface area contributed by atoms with Crippen molar-refractivity contribution in [2.75, 3.05) is 12.9 Å². The SMILES string of the molecule is CCCc1ccc2oc(CC(=O)OCC)c(SC)c2c1. The summed E-state index contributed by atoms with van der Waals surface area (Å²) in [6.45, 7) is 4.37. The lowest BCUT2D eigenvalue weighted by atomic mass is 10.1. The van der Waals surface area contributed by atoms with Crippen LogP contribution in [-0.4, -0.2) is 18.8 Å². The molecule has 0 bridgehead atoms. The van der Waals surface area contributed by atoms with Gasteiger partial charge in [0.2, 0.25) is 0 Å². The highest BCUT2D eigenvalue weighted by molar-refractivity contribution is 7.98. The number of hydrogen-bond acceptors (Lipinski definition) is 4. The maximum absolute atomic E-state index is 11.6. The van der Waals surface area contributed by atoms with Crippen molar-refractivity contribution < 1.29 is 13.9 Å². The molecule has 0 unspecified atom stereocenters. The summed E-state index contributed by atoms with van der Waals surface area (Å²) in [7, 11) is 0. The molecule has 2 rings (SSSR count). The third-order valence-electron chi connectivity index (χ3n) is 3.13. The fourth-order valence-corrected chi connectivity index (χ4v) is 3.02. The Morgan fingerprint density at radius 1 is 1.35 bits per heavy atom. The summed E-state index contributed by atoms with van der Waals surface area (Å²) in [5.41, 5.74) is 2.15. The fourth-order valence-electron chi connectivity index (χ4n) is 2.30. The van der Waals surface area contributed by atoms with Gasteiger partial charge in [0.1, 0.15) is 17.8 Å². The van der Waals surface area contributed by atoms with Crippen molar-refractivity contribution in [3.8, 4) is 0 Å². The predicted molar refractivity (Wildman–Crippen MR) is 82.3 cm³/mol. The van der Waals surface area contributed by atoms with E-state index in [4.69, 9.17) is 9.15 Å². The smallest absolute Gasteiger partial charge is 0.313 e. The zero-order chi connectivity index (χ0) is 14.5. The first-order valence-corrected chi connectivity index (χ1v) is 8.16. The van der Waals surface area contributed by atoms with E-state index in [0.29, 0.717) is 12.4 Å². The zero-order valence-electron chi connectivity index (χ0n) is 12.2. The number of rotatable bonds is 6. The number of furan rings is 1. The Bertz CT molecular complexity index is 601. The molecule has 0 atom stereocenters. The highest BCUT2D eigenvalue weighted by atomic mass is 32.2. The van der Waals surface area contributed by atoms with Crippen LogP contribution in [0, 0.1) is 0 Å². The van der Waals surface area contributed by atoms with Crippen molar-refractivity contribution in [3.05, 3.63) is 29.5 Å². The van der Waals surface area contributed by atoms with Crippen LogP contribution in [0.5, 0.6) is 0 Å². The summed E-state index contributed by atoms with van der Waals surface area (Å²) in [5.74, 6) is 0.468. The molecule has 0 aliphatic rings. The average Bonchev–Trinajstić information content (AvgIpc) is 2.75. The van der Waals surface area contributed by atoms with Gasteiger partial charge in [-0.1, -0.05) is 19.4 Å². The molecule has 108 valence electrons. The van der Waals surface area contributed by atoms with Crippen molar-refractivity contribution in [2.45, 2.75) is 38.0 Å². The average molecular weight is 292 g/mol. The Morgan fingerprint density at radius 3 is 2.80 bits per heavy atom. The molecule has 4 heteroatoms. The number of ether oxygens (including phenoxy) is 1. The van der Waals surface area contributed by atoms with E-state index in [0.717, 1.165) is 28.7 Å². The number of hydrogen-bond donors (Lipinski definition) is 0. The molecule has 0 aliphatic carbocycles. The first-order chi connectivity index (χ1) is 9.69. The third-order valence-corrected chi connectivity index (χ3v) is 3.98. The molecular formula is C16H20O3S. The van der Waals surface area contributed by atoms with Crippen LogP contribution in [0.1, 0.15) is 31.6 Å². The van der Waals surface area contributed by atoms with Gasteiger partial charge in [0, 0.05) is 5.39 Å². The van der Waals surface area contributed by atoms with Crippen LogP contribution >= 0.6 is 11.8 Å². The molecular weight excluding hydrogens is 272 g/mol. The molecule has 0 fully saturated rings. The molecule has 1 heterocycles. The summed E-state index contributed by atoms with van der Waals surface area (Å²) in [5, 5.41) is 1.10. The highest BCUT2D eigenvalue weighted by Crippen LogP contribution is 2.34. The molecule has 1 aromatic carbocycles. The molecule has 0 N–H and O–H groups in total. The summed E-state index contributed by atoms with van der Waals surface area (Å²) in [6, 6.07) is 6.26. The molecule has 0 radical (unpaired) electrons. The van der Waals surface area contributed by atoms with E-state index < -0.39 is 0 Å². The van der Waals surface area contributed by atoms with Gasteiger partial charge in [-0.3, -0.25) is 4.79 Å². The van der Waals surface area contributed by atoms with Crippen molar-refractivity contribution in [1.29, 1.82) is 0 Å².